The van der Waals surface area contributed by atoms with Crippen molar-refractivity contribution in [2.75, 3.05) is 0 Å². The Labute approximate surface area is 80.0 Å². The molecule has 14 heavy (non-hydrogen) atoms. The molecule has 70 valence electrons. The van der Waals surface area contributed by atoms with E-state index in [2.05, 4.69) is 4.98 Å². The summed E-state index contributed by atoms with van der Waals surface area (Å²) < 4.78 is 26.1. The van der Waals surface area contributed by atoms with E-state index in [-0.39, 0.29) is 5.69 Å². The SMILES string of the molecule is Fc1ccnc(-c2ccccc2)c1F. The zero-order chi connectivity index (χ0) is 9.97. The van der Waals surface area contributed by atoms with E-state index in [1.54, 1.807) is 30.3 Å². The van der Waals surface area contributed by atoms with Crippen LogP contribution in [0.1, 0.15) is 0 Å². The third kappa shape index (κ3) is 1.48. The van der Waals surface area contributed by atoms with Gasteiger partial charge in [0.25, 0.3) is 0 Å². The molecule has 0 fully saturated rings. The highest BCUT2D eigenvalue weighted by atomic mass is 19.2. The van der Waals surface area contributed by atoms with Crippen molar-refractivity contribution in [1.82, 2.24) is 4.98 Å². The first-order chi connectivity index (χ1) is 6.79. The van der Waals surface area contributed by atoms with Gasteiger partial charge in [-0.15, -0.1) is 0 Å². The van der Waals surface area contributed by atoms with Crippen molar-refractivity contribution in [2.45, 2.75) is 0 Å². The Hall–Kier alpha value is -1.77. The average molecular weight is 191 g/mol. The zero-order valence-corrected chi connectivity index (χ0v) is 7.24. The van der Waals surface area contributed by atoms with Crippen LogP contribution in [0.3, 0.4) is 0 Å². The first kappa shape index (κ1) is 8.81. The molecule has 0 N–H and O–H groups in total. The second kappa shape index (κ2) is 3.54. The minimum atomic E-state index is -0.904. The third-order valence-corrected chi connectivity index (χ3v) is 1.89. The van der Waals surface area contributed by atoms with Crippen LogP contribution in [0.4, 0.5) is 8.78 Å². The number of hydrogen-bond acceptors (Lipinski definition) is 1. The van der Waals surface area contributed by atoms with Crippen LogP contribution < -0.4 is 0 Å². The molecule has 0 saturated heterocycles. The van der Waals surface area contributed by atoms with E-state index in [0.29, 0.717) is 5.56 Å². The van der Waals surface area contributed by atoms with Crippen molar-refractivity contribution in [3.8, 4) is 11.3 Å². The maximum absolute atomic E-state index is 13.2. The summed E-state index contributed by atoms with van der Waals surface area (Å²) in [6.07, 6.45) is 1.25. The Balaban J connectivity index is 2.58. The fourth-order valence-electron chi connectivity index (χ4n) is 1.22. The quantitative estimate of drug-likeness (QED) is 0.675. The predicted octanol–water partition coefficient (Wildman–Crippen LogP) is 3.03. The molecule has 0 atom stereocenters. The summed E-state index contributed by atoms with van der Waals surface area (Å²) in [4.78, 5) is 3.79. The molecule has 1 aromatic heterocycles. The van der Waals surface area contributed by atoms with E-state index in [0.717, 1.165) is 6.07 Å². The van der Waals surface area contributed by atoms with Crippen molar-refractivity contribution < 1.29 is 8.78 Å². The van der Waals surface area contributed by atoms with Gasteiger partial charge in [-0.3, -0.25) is 4.98 Å². The average Bonchev–Trinajstić information content (AvgIpc) is 2.23. The molecule has 1 heterocycles. The van der Waals surface area contributed by atoms with Crippen LogP contribution in [-0.4, -0.2) is 4.98 Å². The van der Waals surface area contributed by atoms with Gasteiger partial charge in [-0.05, 0) is 6.07 Å². The Bertz CT molecular complexity index is 440. The molecule has 0 amide bonds. The van der Waals surface area contributed by atoms with Gasteiger partial charge in [0.2, 0.25) is 0 Å². The number of aromatic nitrogens is 1. The Morgan fingerprint density at radius 3 is 2.36 bits per heavy atom. The van der Waals surface area contributed by atoms with Crippen molar-refractivity contribution in [1.29, 1.82) is 0 Å². The summed E-state index contributed by atoms with van der Waals surface area (Å²) >= 11 is 0. The second-order valence-corrected chi connectivity index (χ2v) is 2.82. The van der Waals surface area contributed by atoms with Gasteiger partial charge in [0.05, 0.1) is 0 Å². The number of rotatable bonds is 1. The molecule has 2 aromatic rings. The summed E-state index contributed by atoms with van der Waals surface area (Å²) in [5, 5.41) is 0. The van der Waals surface area contributed by atoms with E-state index < -0.39 is 11.6 Å². The number of pyridine rings is 1. The van der Waals surface area contributed by atoms with Crippen LogP contribution in [0.15, 0.2) is 42.6 Å². The van der Waals surface area contributed by atoms with Gasteiger partial charge in [0, 0.05) is 11.8 Å². The minimum absolute atomic E-state index is 0.0469. The Kier molecular flexibility index (Phi) is 2.23. The van der Waals surface area contributed by atoms with Crippen molar-refractivity contribution in [3.63, 3.8) is 0 Å². The fraction of sp³-hybridized carbons (Fsp3) is 0. The number of halogens is 2. The molecule has 0 unspecified atom stereocenters. The topological polar surface area (TPSA) is 12.9 Å². The Morgan fingerprint density at radius 2 is 1.64 bits per heavy atom. The number of nitrogens with zero attached hydrogens (tertiary/aromatic N) is 1. The molecule has 0 saturated carbocycles. The van der Waals surface area contributed by atoms with Crippen molar-refractivity contribution in [2.24, 2.45) is 0 Å². The largest absolute Gasteiger partial charge is 0.253 e. The van der Waals surface area contributed by atoms with E-state index in [4.69, 9.17) is 0 Å². The van der Waals surface area contributed by atoms with E-state index in [1.165, 1.54) is 6.20 Å². The minimum Gasteiger partial charge on any atom is -0.253 e. The summed E-state index contributed by atoms with van der Waals surface area (Å²) in [6.45, 7) is 0. The fourth-order valence-corrected chi connectivity index (χ4v) is 1.22. The van der Waals surface area contributed by atoms with Crippen LogP contribution in [0.25, 0.3) is 11.3 Å². The van der Waals surface area contributed by atoms with Crippen LogP contribution >= 0.6 is 0 Å². The summed E-state index contributed by atoms with van der Waals surface area (Å²) in [5.41, 5.74) is 0.620. The molecule has 0 radical (unpaired) electrons. The highest BCUT2D eigenvalue weighted by molar-refractivity contribution is 5.59. The van der Waals surface area contributed by atoms with Crippen molar-refractivity contribution >= 4 is 0 Å². The molecular formula is C11H7F2N. The molecule has 0 aliphatic heterocycles. The number of benzene rings is 1. The maximum atomic E-state index is 13.2. The molecule has 1 aromatic carbocycles. The normalized spacial score (nSPS) is 10.1. The van der Waals surface area contributed by atoms with Gasteiger partial charge in [0.1, 0.15) is 5.69 Å². The molecule has 0 spiro atoms. The molecular weight excluding hydrogens is 184 g/mol. The molecule has 3 heteroatoms. The summed E-state index contributed by atoms with van der Waals surface area (Å²) in [7, 11) is 0. The van der Waals surface area contributed by atoms with Gasteiger partial charge in [-0.25, -0.2) is 8.78 Å². The maximum Gasteiger partial charge on any atom is 0.185 e. The zero-order valence-electron chi connectivity index (χ0n) is 7.24. The molecule has 0 aliphatic rings. The lowest BCUT2D eigenvalue weighted by molar-refractivity contribution is 0.507. The second-order valence-electron chi connectivity index (χ2n) is 2.82. The molecule has 2 rings (SSSR count). The van der Waals surface area contributed by atoms with Crippen LogP contribution in [0, 0.1) is 11.6 Å². The van der Waals surface area contributed by atoms with Crippen LogP contribution in [-0.2, 0) is 0 Å². The Morgan fingerprint density at radius 1 is 0.929 bits per heavy atom. The van der Waals surface area contributed by atoms with E-state index in [1.807, 2.05) is 0 Å². The molecule has 1 nitrogen and oxygen atoms in total. The standard InChI is InChI=1S/C11H7F2N/c12-9-6-7-14-11(10(9)13)8-4-2-1-3-5-8/h1-7H. The van der Waals surface area contributed by atoms with Gasteiger partial charge in [0.15, 0.2) is 11.6 Å². The van der Waals surface area contributed by atoms with Gasteiger partial charge >= 0.3 is 0 Å². The van der Waals surface area contributed by atoms with Crippen LogP contribution in [0.2, 0.25) is 0 Å². The number of hydrogen-bond donors (Lipinski definition) is 0. The highest BCUT2D eigenvalue weighted by Crippen LogP contribution is 2.20. The monoisotopic (exact) mass is 191 g/mol. The lowest BCUT2D eigenvalue weighted by atomic mass is 10.1. The van der Waals surface area contributed by atoms with Gasteiger partial charge in [-0.2, -0.15) is 0 Å². The van der Waals surface area contributed by atoms with Gasteiger partial charge < -0.3 is 0 Å². The van der Waals surface area contributed by atoms with Gasteiger partial charge in [-0.1, -0.05) is 30.3 Å². The van der Waals surface area contributed by atoms with Crippen molar-refractivity contribution in [3.05, 3.63) is 54.2 Å². The first-order valence-corrected chi connectivity index (χ1v) is 4.14. The summed E-state index contributed by atoms with van der Waals surface area (Å²) in [5.74, 6) is -1.78. The van der Waals surface area contributed by atoms with Crippen LogP contribution in [0.5, 0.6) is 0 Å². The van der Waals surface area contributed by atoms with E-state index in [9.17, 15) is 8.78 Å². The highest BCUT2D eigenvalue weighted by Gasteiger charge is 2.09. The summed E-state index contributed by atoms with van der Waals surface area (Å²) in [6, 6.07) is 9.68. The lowest BCUT2D eigenvalue weighted by Crippen LogP contribution is -1.92. The molecule has 0 bridgehead atoms. The first-order valence-electron chi connectivity index (χ1n) is 4.14. The predicted molar refractivity (Wildman–Crippen MR) is 49.6 cm³/mol. The molecule has 0 aliphatic carbocycles. The smallest absolute Gasteiger partial charge is 0.185 e. The third-order valence-electron chi connectivity index (χ3n) is 1.89. The van der Waals surface area contributed by atoms with E-state index >= 15 is 0 Å². The lowest BCUT2D eigenvalue weighted by Gasteiger charge is -2.01.